The predicted octanol–water partition coefficient (Wildman–Crippen LogP) is 4.31. The van der Waals surface area contributed by atoms with Gasteiger partial charge in [-0.25, -0.2) is 14.1 Å². The van der Waals surface area contributed by atoms with Gasteiger partial charge in [-0.3, -0.25) is 4.79 Å². The molecule has 1 amide bonds. The van der Waals surface area contributed by atoms with E-state index >= 15 is 0 Å². The second kappa shape index (κ2) is 7.40. The summed E-state index contributed by atoms with van der Waals surface area (Å²) < 4.78 is 20.7. The highest BCUT2D eigenvalue weighted by Crippen LogP contribution is 2.26. The van der Waals surface area contributed by atoms with Crippen molar-refractivity contribution >= 4 is 17.2 Å². The Bertz CT molecular complexity index is 1120. The quantitative estimate of drug-likeness (QED) is 0.504. The fourth-order valence-electron chi connectivity index (χ4n) is 2.80. The van der Waals surface area contributed by atoms with E-state index in [9.17, 15) is 9.18 Å². The zero-order valence-electron chi connectivity index (χ0n) is 15.3. The lowest BCUT2D eigenvalue weighted by molar-refractivity contribution is 0.0763. The average molecular weight is 396 g/mol. The van der Waals surface area contributed by atoms with Crippen LogP contribution in [-0.4, -0.2) is 32.6 Å². The number of carbonyl (C=O) groups is 1. The molecule has 6 nitrogen and oxygen atoms in total. The maximum absolute atomic E-state index is 13.7. The molecule has 8 heteroatoms. The van der Waals surface area contributed by atoms with Crippen molar-refractivity contribution in [2.24, 2.45) is 0 Å². The molecule has 0 atom stereocenters. The largest absolute Gasteiger partial charge is 0.464 e. The van der Waals surface area contributed by atoms with Crippen LogP contribution in [0.5, 0.6) is 0 Å². The summed E-state index contributed by atoms with van der Waals surface area (Å²) >= 11 is 1.47. The molecule has 0 bridgehead atoms. The molecule has 142 valence electrons. The van der Waals surface area contributed by atoms with Gasteiger partial charge in [0.05, 0.1) is 17.1 Å². The van der Waals surface area contributed by atoms with Gasteiger partial charge in [0.2, 0.25) is 5.82 Å². The lowest BCUT2D eigenvalue weighted by Crippen LogP contribution is -2.27. The van der Waals surface area contributed by atoms with Crippen molar-refractivity contribution < 1.29 is 13.6 Å². The highest BCUT2D eigenvalue weighted by molar-refractivity contribution is 7.13. The van der Waals surface area contributed by atoms with E-state index in [1.807, 2.05) is 36.6 Å². The predicted molar refractivity (Wildman–Crippen MR) is 104 cm³/mol. The highest BCUT2D eigenvalue weighted by atomic mass is 32.1. The van der Waals surface area contributed by atoms with Crippen LogP contribution in [0.2, 0.25) is 0 Å². The molecular formula is C20H17FN4O2S. The van der Waals surface area contributed by atoms with Gasteiger partial charge in [0.1, 0.15) is 17.3 Å². The molecule has 28 heavy (non-hydrogen) atoms. The first kappa shape index (κ1) is 18.1. The van der Waals surface area contributed by atoms with Gasteiger partial charge in [-0.2, -0.15) is 0 Å². The molecule has 0 aliphatic rings. The molecule has 4 rings (SSSR count). The van der Waals surface area contributed by atoms with E-state index in [4.69, 9.17) is 4.42 Å². The monoisotopic (exact) mass is 396 g/mol. The number of amides is 1. The summed E-state index contributed by atoms with van der Waals surface area (Å²) in [6.07, 6.45) is 0. The van der Waals surface area contributed by atoms with Gasteiger partial charge in [0, 0.05) is 7.05 Å². The minimum absolute atomic E-state index is 0.0402. The number of halogens is 1. The van der Waals surface area contributed by atoms with Crippen molar-refractivity contribution in [2.45, 2.75) is 13.5 Å². The molecule has 1 aromatic carbocycles. The summed E-state index contributed by atoms with van der Waals surface area (Å²) in [5, 5.41) is 6.28. The maximum atomic E-state index is 13.7. The second-order valence-corrected chi connectivity index (χ2v) is 7.25. The maximum Gasteiger partial charge on any atom is 0.293 e. The summed E-state index contributed by atoms with van der Waals surface area (Å²) in [4.78, 5) is 19.6. The van der Waals surface area contributed by atoms with Gasteiger partial charge in [-0.1, -0.05) is 12.1 Å². The number of thiophene rings is 1. The molecule has 0 radical (unpaired) electrons. The Morgan fingerprint density at radius 3 is 2.79 bits per heavy atom. The fourth-order valence-corrected chi connectivity index (χ4v) is 3.50. The van der Waals surface area contributed by atoms with Gasteiger partial charge in [0.15, 0.2) is 5.82 Å². The Labute approximate surface area is 164 Å². The van der Waals surface area contributed by atoms with E-state index in [1.54, 1.807) is 19.2 Å². The average Bonchev–Trinajstić information content (AvgIpc) is 3.41. The van der Waals surface area contributed by atoms with Crippen molar-refractivity contribution in [1.82, 2.24) is 19.7 Å². The van der Waals surface area contributed by atoms with Crippen LogP contribution in [0.4, 0.5) is 4.39 Å². The molecule has 4 aromatic rings. The number of aryl methyl sites for hydroxylation is 1. The van der Waals surface area contributed by atoms with Crippen molar-refractivity contribution in [3.05, 3.63) is 77.1 Å². The highest BCUT2D eigenvalue weighted by Gasteiger charge is 2.22. The van der Waals surface area contributed by atoms with Gasteiger partial charge in [0.25, 0.3) is 5.91 Å². The topological polar surface area (TPSA) is 64.2 Å². The molecular weight excluding hydrogens is 379 g/mol. The van der Waals surface area contributed by atoms with E-state index in [0.717, 1.165) is 10.6 Å². The Balaban J connectivity index is 1.69. The van der Waals surface area contributed by atoms with E-state index in [0.29, 0.717) is 23.8 Å². The molecule has 0 N–H and O–H groups in total. The summed E-state index contributed by atoms with van der Waals surface area (Å²) in [5.74, 6) is 1.26. The van der Waals surface area contributed by atoms with Crippen LogP contribution in [0.1, 0.15) is 22.1 Å². The van der Waals surface area contributed by atoms with Crippen molar-refractivity contribution in [3.8, 4) is 16.4 Å². The van der Waals surface area contributed by atoms with Crippen LogP contribution in [0.15, 0.2) is 58.3 Å². The Hall–Kier alpha value is -3.26. The van der Waals surface area contributed by atoms with Gasteiger partial charge in [-0.05, 0) is 48.7 Å². The third-order valence-electron chi connectivity index (χ3n) is 4.13. The van der Waals surface area contributed by atoms with E-state index in [2.05, 4.69) is 10.1 Å². The molecule has 0 aliphatic carbocycles. The third-order valence-corrected chi connectivity index (χ3v) is 4.99. The third kappa shape index (κ3) is 3.59. The van der Waals surface area contributed by atoms with Gasteiger partial charge < -0.3 is 9.32 Å². The molecule has 3 aromatic heterocycles. The summed E-state index contributed by atoms with van der Waals surface area (Å²) in [5.41, 5.74) is 0.499. The van der Waals surface area contributed by atoms with E-state index in [-0.39, 0.29) is 17.5 Å². The molecule has 0 spiro atoms. The zero-order chi connectivity index (χ0) is 19.7. The number of hydrogen-bond donors (Lipinski definition) is 0. The Morgan fingerprint density at radius 1 is 1.25 bits per heavy atom. The normalized spacial score (nSPS) is 11.0. The molecule has 0 aliphatic heterocycles. The lowest BCUT2D eigenvalue weighted by atomic mass is 10.3. The first-order chi connectivity index (χ1) is 13.5. The van der Waals surface area contributed by atoms with Gasteiger partial charge in [-0.15, -0.1) is 16.4 Å². The fraction of sp³-hybridized carbons (Fsp3) is 0.150. The van der Waals surface area contributed by atoms with Crippen LogP contribution in [0.25, 0.3) is 16.4 Å². The molecule has 0 unspecified atom stereocenters. The number of rotatable bonds is 5. The number of nitrogens with zero attached hydrogens (tertiary/aromatic N) is 4. The van der Waals surface area contributed by atoms with Crippen molar-refractivity contribution in [2.75, 3.05) is 7.05 Å². The van der Waals surface area contributed by atoms with Crippen LogP contribution >= 0.6 is 11.3 Å². The van der Waals surface area contributed by atoms with Crippen LogP contribution in [0, 0.1) is 12.7 Å². The first-order valence-corrected chi connectivity index (χ1v) is 9.47. The smallest absolute Gasteiger partial charge is 0.293 e. The summed E-state index contributed by atoms with van der Waals surface area (Å²) in [6, 6.07) is 13.5. The minimum Gasteiger partial charge on any atom is -0.464 e. The number of benzene rings is 1. The van der Waals surface area contributed by atoms with Gasteiger partial charge >= 0.3 is 0 Å². The van der Waals surface area contributed by atoms with Crippen molar-refractivity contribution in [3.63, 3.8) is 0 Å². The number of furan rings is 1. The first-order valence-electron chi connectivity index (χ1n) is 8.59. The zero-order valence-corrected chi connectivity index (χ0v) is 16.1. The van der Waals surface area contributed by atoms with Crippen LogP contribution in [0.3, 0.4) is 0 Å². The summed E-state index contributed by atoms with van der Waals surface area (Å²) in [7, 11) is 1.66. The van der Waals surface area contributed by atoms with Crippen LogP contribution in [-0.2, 0) is 6.54 Å². The summed E-state index contributed by atoms with van der Waals surface area (Å²) in [6.45, 7) is 2.15. The van der Waals surface area contributed by atoms with Crippen molar-refractivity contribution in [1.29, 1.82) is 0 Å². The number of aromatic nitrogens is 3. The van der Waals surface area contributed by atoms with E-state index in [1.165, 1.54) is 33.1 Å². The molecule has 0 saturated carbocycles. The number of hydrogen-bond acceptors (Lipinski definition) is 5. The second-order valence-electron chi connectivity index (χ2n) is 6.30. The standard InChI is InChI=1S/C20H17FN4O2S/c1-13-8-9-16(27-13)12-24(2)20(26)18-22-19(17-7-4-10-28-17)25(23-18)15-6-3-5-14(21)11-15/h3-11H,12H2,1-2H3. The number of carbonyl (C=O) groups excluding carboxylic acids is 1. The Kier molecular flexibility index (Phi) is 4.79. The lowest BCUT2D eigenvalue weighted by Gasteiger charge is -2.13. The SMILES string of the molecule is Cc1ccc(CN(C)C(=O)c2nc(-c3cccs3)n(-c3cccc(F)c3)n2)o1. The van der Waals surface area contributed by atoms with E-state index < -0.39 is 0 Å². The molecule has 0 fully saturated rings. The molecule has 3 heterocycles. The molecule has 0 saturated heterocycles. The minimum atomic E-state index is -0.386. The van der Waals surface area contributed by atoms with Crippen LogP contribution < -0.4 is 0 Å². The Morgan fingerprint density at radius 2 is 2.11 bits per heavy atom.